The Balaban J connectivity index is 2.38. The van der Waals surface area contributed by atoms with Gasteiger partial charge in [0.25, 0.3) is 17.5 Å². The number of rotatable bonds is 4. The Kier molecular flexibility index (Phi) is 2.51. The summed E-state index contributed by atoms with van der Waals surface area (Å²) in [6.07, 6.45) is -1.13. The fourth-order valence-corrected chi connectivity index (χ4v) is 1.79. The van der Waals surface area contributed by atoms with E-state index >= 15 is 0 Å². The Labute approximate surface area is 101 Å². The van der Waals surface area contributed by atoms with E-state index in [0.29, 0.717) is 0 Å². The topological polar surface area (TPSA) is 142 Å². The molecule has 0 radical (unpaired) electrons. The van der Waals surface area contributed by atoms with Gasteiger partial charge in [-0.2, -0.15) is 0 Å². The van der Waals surface area contributed by atoms with Crippen molar-refractivity contribution in [2.75, 3.05) is 0 Å². The lowest BCUT2D eigenvalue weighted by molar-refractivity contribution is -0.384. The van der Waals surface area contributed by atoms with E-state index in [4.69, 9.17) is 16.2 Å². The van der Waals surface area contributed by atoms with Crippen LogP contribution in [0.25, 0.3) is 0 Å². The molecular formula is C10H9N3O5. The van der Waals surface area contributed by atoms with Gasteiger partial charge in [-0.25, -0.2) is 0 Å². The molecule has 1 aromatic carbocycles. The number of carbonyl (C=O) groups excluding carboxylic acids is 2. The second-order valence-electron chi connectivity index (χ2n) is 3.80. The maximum atomic E-state index is 11.4. The lowest BCUT2D eigenvalue weighted by atomic mass is 9.94. The summed E-state index contributed by atoms with van der Waals surface area (Å²) in [6.45, 7) is 0. The smallest absolute Gasteiger partial charge is 0.269 e. The zero-order valence-electron chi connectivity index (χ0n) is 9.03. The van der Waals surface area contributed by atoms with Gasteiger partial charge in [-0.3, -0.25) is 19.7 Å². The molecule has 2 rings (SSSR count). The summed E-state index contributed by atoms with van der Waals surface area (Å²) in [5, 5.41) is 10.5. The van der Waals surface area contributed by atoms with Crippen LogP contribution in [0.4, 0.5) is 5.69 Å². The molecule has 1 aliphatic rings. The third kappa shape index (κ3) is 1.59. The van der Waals surface area contributed by atoms with E-state index in [9.17, 15) is 19.7 Å². The van der Waals surface area contributed by atoms with E-state index < -0.39 is 28.4 Å². The number of nitro benzene ring substituents is 1. The third-order valence-electron chi connectivity index (χ3n) is 2.75. The molecule has 0 spiro atoms. The minimum atomic E-state index is -1.60. The van der Waals surface area contributed by atoms with Crippen LogP contribution in [0.1, 0.15) is 5.56 Å². The average Bonchev–Trinajstić information content (AvgIpc) is 3.05. The summed E-state index contributed by atoms with van der Waals surface area (Å²) in [7, 11) is 0. The molecule has 1 heterocycles. The largest absolute Gasteiger partial charge is 0.367 e. The van der Waals surface area contributed by atoms with Gasteiger partial charge in [-0.05, 0) is 17.7 Å². The lowest BCUT2D eigenvalue weighted by Gasteiger charge is -2.07. The number of hydrogen-bond donors (Lipinski definition) is 2. The van der Waals surface area contributed by atoms with Crippen LogP contribution in [-0.2, 0) is 19.9 Å². The number of amides is 2. The van der Waals surface area contributed by atoms with Gasteiger partial charge in [-0.15, -0.1) is 0 Å². The van der Waals surface area contributed by atoms with Gasteiger partial charge in [0.15, 0.2) is 6.10 Å². The molecule has 8 heteroatoms. The maximum absolute atomic E-state index is 11.4. The first-order valence-electron chi connectivity index (χ1n) is 4.91. The van der Waals surface area contributed by atoms with Crippen LogP contribution in [-0.4, -0.2) is 22.8 Å². The maximum Gasteiger partial charge on any atom is 0.269 e. The zero-order valence-corrected chi connectivity index (χ0v) is 9.03. The SMILES string of the molecule is NC(=O)C1OC1(C(N)=O)c1ccc([N+](=O)[O-])cc1. The minimum absolute atomic E-state index is 0.144. The van der Waals surface area contributed by atoms with E-state index in [1.165, 1.54) is 24.3 Å². The second kappa shape index (κ2) is 3.77. The number of primary amides is 2. The van der Waals surface area contributed by atoms with Crippen LogP contribution in [0, 0.1) is 10.1 Å². The average molecular weight is 251 g/mol. The summed E-state index contributed by atoms with van der Waals surface area (Å²) in [6, 6.07) is 5.01. The summed E-state index contributed by atoms with van der Waals surface area (Å²) < 4.78 is 4.99. The normalized spacial score (nSPS) is 25.4. The number of benzene rings is 1. The van der Waals surface area contributed by atoms with Crippen molar-refractivity contribution in [1.82, 2.24) is 0 Å². The molecule has 0 saturated carbocycles. The number of nitrogens with zero attached hydrogens (tertiary/aromatic N) is 1. The summed E-state index contributed by atoms with van der Waals surface area (Å²) in [5.41, 5.74) is 8.76. The molecule has 1 saturated heterocycles. The fraction of sp³-hybridized carbons (Fsp3) is 0.200. The molecule has 0 aromatic heterocycles. The van der Waals surface area contributed by atoms with Crippen molar-refractivity contribution in [1.29, 1.82) is 0 Å². The van der Waals surface area contributed by atoms with Crippen molar-refractivity contribution in [3.63, 3.8) is 0 Å². The highest BCUT2D eigenvalue weighted by atomic mass is 16.6. The van der Waals surface area contributed by atoms with Crippen molar-refractivity contribution in [2.24, 2.45) is 11.5 Å². The van der Waals surface area contributed by atoms with Crippen LogP contribution in [0.15, 0.2) is 24.3 Å². The summed E-state index contributed by atoms with van der Waals surface area (Å²) in [5.74, 6) is -1.67. The molecule has 2 amide bonds. The molecule has 1 aliphatic heterocycles. The van der Waals surface area contributed by atoms with Crippen molar-refractivity contribution in [3.05, 3.63) is 39.9 Å². The zero-order chi connectivity index (χ0) is 13.5. The number of ether oxygens (including phenoxy) is 1. The quantitative estimate of drug-likeness (QED) is 0.407. The van der Waals surface area contributed by atoms with E-state index in [1.54, 1.807) is 0 Å². The Morgan fingerprint density at radius 1 is 1.28 bits per heavy atom. The highest BCUT2D eigenvalue weighted by Crippen LogP contribution is 2.46. The minimum Gasteiger partial charge on any atom is -0.367 e. The summed E-state index contributed by atoms with van der Waals surface area (Å²) >= 11 is 0. The monoisotopic (exact) mass is 251 g/mol. The van der Waals surface area contributed by atoms with Crippen LogP contribution < -0.4 is 11.5 Å². The molecular weight excluding hydrogens is 242 g/mol. The molecule has 8 nitrogen and oxygen atoms in total. The van der Waals surface area contributed by atoms with Gasteiger partial charge in [0.1, 0.15) is 0 Å². The van der Waals surface area contributed by atoms with Crippen molar-refractivity contribution in [3.8, 4) is 0 Å². The number of non-ortho nitro benzene ring substituents is 1. The van der Waals surface area contributed by atoms with Crippen LogP contribution in [0.5, 0.6) is 0 Å². The Bertz CT molecular complexity index is 541. The van der Waals surface area contributed by atoms with E-state index in [1.807, 2.05) is 0 Å². The van der Waals surface area contributed by atoms with E-state index in [-0.39, 0.29) is 11.3 Å². The highest BCUT2D eigenvalue weighted by molar-refractivity contribution is 5.98. The van der Waals surface area contributed by atoms with E-state index in [2.05, 4.69) is 0 Å². The first kappa shape index (κ1) is 12.0. The van der Waals surface area contributed by atoms with Gasteiger partial charge in [-0.1, -0.05) is 0 Å². The first-order valence-corrected chi connectivity index (χ1v) is 4.91. The molecule has 18 heavy (non-hydrogen) atoms. The Morgan fingerprint density at radius 3 is 2.17 bits per heavy atom. The van der Waals surface area contributed by atoms with Crippen LogP contribution in [0.3, 0.4) is 0 Å². The van der Waals surface area contributed by atoms with Gasteiger partial charge < -0.3 is 16.2 Å². The highest BCUT2D eigenvalue weighted by Gasteiger charge is 2.66. The van der Waals surface area contributed by atoms with Crippen molar-refractivity contribution in [2.45, 2.75) is 11.7 Å². The molecule has 2 atom stereocenters. The lowest BCUT2D eigenvalue weighted by Crippen LogP contribution is -2.36. The van der Waals surface area contributed by atoms with Gasteiger partial charge in [0.05, 0.1) is 4.92 Å². The third-order valence-corrected chi connectivity index (χ3v) is 2.75. The first-order chi connectivity index (χ1) is 8.39. The molecule has 2 unspecified atom stereocenters. The second-order valence-corrected chi connectivity index (χ2v) is 3.80. The number of epoxide rings is 1. The molecule has 94 valence electrons. The van der Waals surface area contributed by atoms with Gasteiger partial charge in [0, 0.05) is 12.1 Å². The van der Waals surface area contributed by atoms with Gasteiger partial charge >= 0.3 is 0 Å². The Hall–Kier alpha value is -2.48. The standard InChI is InChI=1S/C10H9N3O5/c11-8(14)7-10(18-7,9(12)15)5-1-3-6(4-2-5)13(16)17/h1-4,7H,(H2,11,14)(H2,12,15). The number of hydrogen-bond acceptors (Lipinski definition) is 5. The van der Waals surface area contributed by atoms with Gasteiger partial charge in [0.2, 0.25) is 5.60 Å². The summed E-state index contributed by atoms with van der Waals surface area (Å²) in [4.78, 5) is 32.3. The molecule has 1 aromatic rings. The van der Waals surface area contributed by atoms with Crippen LogP contribution >= 0.6 is 0 Å². The fourth-order valence-electron chi connectivity index (χ4n) is 1.79. The van der Waals surface area contributed by atoms with Crippen molar-refractivity contribution >= 4 is 17.5 Å². The predicted octanol–water partition coefficient (Wildman–Crippen LogP) is -0.840. The molecule has 4 N–H and O–H groups in total. The number of nitrogens with two attached hydrogens (primary N) is 2. The Morgan fingerprint density at radius 2 is 1.83 bits per heavy atom. The van der Waals surface area contributed by atoms with Crippen molar-refractivity contribution < 1.29 is 19.2 Å². The van der Waals surface area contributed by atoms with Crippen LogP contribution in [0.2, 0.25) is 0 Å². The predicted molar refractivity (Wildman–Crippen MR) is 58.0 cm³/mol. The number of carbonyl (C=O) groups is 2. The van der Waals surface area contributed by atoms with E-state index in [0.717, 1.165) is 0 Å². The molecule has 0 aliphatic carbocycles. The molecule has 0 bridgehead atoms. The molecule has 1 fully saturated rings. The number of nitro groups is 1.